The van der Waals surface area contributed by atoms with E-state index in [4.69, 9.17) is 26.7 Å². The van der Waals surface area contributed by atoms with Crippen LogP contribution in [0.25, 0.3) is 10.9 Å². The zero-order valence-electron chi connectivity index (χ0n) is 31.6. The minimum atomic E-state index is -0.382. The first-order valence-corrected chi connectivity index (χ1v) is 20.2. The van der Waals surface area contributed by atoms with Crippen LogP contribution < -0.4 is 25.2 Å². The van der Waals surface area contributed by atoms with E-state index in [0.29, 0.717) is 40.5 Å². The van der Waals surface area contributed by atoms with Gasteiger partial charge in [-0.2, -0.15) is 10.4 Å². The number of benzene rings is 2. The fourth-order valence-electron chi connectivity index (χ4n) is 8.90. The van der Waals surface area contributed by atoms with E-state index in [-0.39, 0.29) is 42.5 Å². The molecule has 2 N–H and O–H groups in total. The van der Waals surface area contributed by atoms with Crippen molar-refractivity contribution in [1.82, 2.24) is 35.5 Å². The summed E-state index contributed by atoms with van der Waals surface area (Å²) in [7, 11) is 0. The van der Waals surface area contributed by atoms with Crippen LogP contribution in [0.5, 0.6) is 5.75 Å². The molecule has 2 atom stereocenters. The minimum Gasteiger partial charge on any atom is -0.490 e. The number of aromatic nitrogens is 4. The molecule has 4 aromatic rings. The number of imide groups is 1. The van der Waals surface area contributed by atoms with E-state index in [9.17, 15) is 14.4 Å². The van der Waals surface area contributed by atoms with E-state index < -0.39 is 0 Å². The van der Waals surface area contributed by atoms with Gasteiger partial charge in [0.2, 0.25) is 5.91 Å². The fraction of sp³-hybridized carbons (Fsp3) is 0.488. The van der Waals surface area contributed by atoms with Crippen molar-refractivity contribution in [1.29, 1.82) is 5.26 Å². The third kappa shape index (κ3) is 8.15. The first-order chi connectivity index (χ1) is 27.2. The molecule has 4 amide bonds. The molecule has 14 nitrogen and oxygen atoms in total. The third-order valence-corrected chi connectivity index (χ3v) is 12.2. The lowest BCUT2D eigenvalue weighted by molar-refractivity contribution is -0.120. The van der Waals surface area contributed by atoms with Crippen LogP contribution in [-0.4, -0.2) is 93.6 Å². The number of ether oxygens (including phenoxy) is 1. The number of hydrogen-bond donors (Lipinski definition) is 2. The Morgan fingerprint density at radius 2 is 1.82 bits per heavy atom. The summed E-state index contributed by atoms with van der Waals surface area (Å²) in [6.45, 7) is 6.60. The molecule has 0 radical (unpaired) electrons. The number of carbonyl (C=O) groups is 3. The molecule has 2 unspecified atom stereocenters. The van der Waals surface area contributed by atoms with Gasteiger partial charge >= 0.3 is 6.03 Å². The molecule has 1 aliphatic carbocycles. The molecule has 0 spiro atoms. The van der Waals surface area contributed by atoms with E-state index in [2.05, 4.69) is 54.4 Å². The molecular formula is C41H47ClN10O4. The van der Waals surface area contributed by atoms with Gasteiger partial charge in [-0.3, -0.25) is 24.5 Å². The number of carbonyl (C=O) groups excluding carboxylic acids is 3. The molecule has 1 saturated carbocycles. The summed E-state index contributed by atoms with van der Waals surface area (Å²) in [4.78, 5) is 43.8. The number of hydrogen-bond acceptors (Lipinski definition) is 10. The summed E-state index contributed by atoms with van der Waals surface area (Å²) in [5.74, 6) is 1.60. The lowest BCUT2D eigenvalue weighted by atomic mass is 9.90. The van der Waals surface area contributed by atoms with Gasteiger partial charge in [-0.1, -0.05) is 17.7 Å². The summed E-state index contributed by atoms with van der Waals surface area (Å²) in [6.07, 6.45) is 9.52. The van der Waals surface area contributed by atoms with Crippen molar-refractivity contribution in [3.8, 4) is 11.8 Å². The van der Waals surface area contributed by atoms with Gasteiger partial charge in [0.05, 0.1) is 40.1 Å². The van der Waals surface area contributed by atoms with Crippen LogP contribution in [0.15, 0.2) is 54.7 Å². The molecule has 3 saturated heterocycles. The number of anilines is 2. The summed E-state index contributed by atoms with van der Waals surface area (Å²) in [5.41, 5.74) is 2.55. The number of rotatable bonds is 9. The van der Waals surface area contributed by atoms with Gasteiger partial charge in [0.1, 0.15) is 11.8 Å². The van der Waals surface area contributed by atoms with Crippen molar-refractivity contribution in [2.75, 3.05) is 42.5 Å². The van der Waals surface area contributed by atoms with E-state index in [0.717, 1.165) is 100.0 Å². The number of halogens is 1. The van der Waals surface area contributed by atoms with Crippen molar-refractivity contribution in [2.45, 2.75) is 88.9 Å². The number of piperidine rings is 2. The summed E-state index contributed by atoms with van der Waals surface area (Å²) in [6, 6.07) is 17.1. The molecule has 4 aliphatic rings. The average molecular weight is 779 g/mol. The zero-order chi connectivity index (χ0) is 38.8. The SMILES string of the molecule is CC1CC(CN2CCC(n3ncc4c(N5CCC(=O)NC5=O)cccc43)CC2)CCN1c1ccc(C(=O)NC2CCC(Oc3ccc(C#N)c(Cl)c3)CC2)nn1. The maximum absolute atomic E-state index is 13.1. The predicted molar refractivity (Wildman–Crippen MR) is 212 cm³/mol. The van der Waals surface area contributed by atoms with Gasteiger partial charge in [0, 0.05) is 62.7 Å². The van der Waals surface area contributed by atoms with E-state index in [1.165, 1.54) is 0 Å². The summed E-state index contributed by atoms with van der Waals surface area (Å²) >= 11 is 6.16. The Hall–Kier alpha value is -5.26. The van der Waals surface area contributed by atoms with E-state index in [1.807, 2.05) is 24.4 Å². The van der Waals surface area contributed by atoms with Gasteiger partial charge in [0.15, 0.2) is 11.5 Å². The summed E-state index contributed by atoms with van der Waals surface area (Å²) in [5, 5.41) is 29.6. The Kier molecular flexibility index (Phi) is 11.1. The molecule has 292 valence electrons. The van der Waals surface area contributed by atoms with Crippen LogP contribution in [0.1, 0.15) is 86.8 Å². The van der Waals surface area contributed by atoms with Crippen LogP contribution >= 0.6 is 11.6 Å². The van der Waals surface area contributed by atoms with Crippen molar-refractivity contribution in [3.05, 3.63) is 71.0 Å². The van der Waals surface area contributed by atoms with Crippen molar-refractivity contribution in [2.24, 2.45) is 5.92 Å². The fourth-order valence-corrected chi connectivity index (χ4v) is 9.11. The zero-order valence-corrected chi connectivity index (χ0v) is 32.3. The molecule has 2 aromatic heterocycles. The minimum absolute atomic E-state index is 0.0300. The number of nitrogens with one attached hydrogen (secondary N) is 2. The highest BCUT2D eigenvalue weighted by molar-refractivity contribution is 6.31. The molecular weight excluding hydrogens is 732 g/mol. The third-order valence-electron chi connectivity index (χ3n) is 11.9. The molecule has 5 heterocycles. The molecule has 56 heavy (non-hydrogen) atoms. The van der Waals surface area contributed by atoms with Crippen molar-refractivity contribution < 1.29 is 19.1 Å². The number of urea groups is 1. The number of nitriles is 1. The predicted octanol–water partition coefficient (Wildman–Crippen LogP) is 5.86. The Bertz CT molecular complexity index is 2120. The summed E-state index contributed by atoms with van der Waals surface area (Å²) < 4.78 is 8.22. The molecule has 15 heteroatoms. The normalized spacial score (nSPS) is 23.8. The van der Waals surface area contributed by atoms with Gasteiger partial charge in [-0.15, -0.1) is 10.2 Å². The van der Waals surface area contributed by atoms with Gasteiger partial charge in [0.25, 0.3) is 5.91 Å². The standard InChI is InChI=1S/C41H47ClN10O4/c1-26-21-27(25-49-17-14-30(15-18-49)52-37-4-2-3-36(33(37)24-44-52)51-20-16-39(53)46-41(51)55)13-19-50(26)38-12-11-35(47-48-38)40(54)45-29-6-9-31(10-7-29)56-32-8-5-28(23-43)34(42)22-32/h2-5,8,11-12,22,24,26-27,29-31H,6-7,9-10,13-21,25H2,1H3,(H,45,54)(H,46,53,55). The first-order valence-electron chi connectivity index (χ1n) is 19.8. The van der Waals surface area contributed by atoms with Crippen LogP contribution in [0.2, 0.25) is 5.02 Å². The maximum Gasteiger partial charge on any atom is 0.328 e. The molecule has 0 bridgehead atoms. The maximum atomic E-state index is 13.1. The molecule has 2 aromatic carbocycles. The lowest BCUT2D eigenvalue weighted by Crippen LogP contribution is -2.49. The van der Waals surface area contributed by atoms with Crippen LogP contribution in [0, 0.1) is 17.2 Å². The van der Waals surface area contributed by atoms with Crippen LogP contribution in [-0.2, 0) is 4.79 Å². The first kappa shape index (κ1) is 37.7. The number of amides is 4. The highest BCUT2D eigenvalue weighted by Crippen LogP contribution is 2.34. The Balaban J connectivity index is 0.777. The highest BCUT2D eigenvalue weighted by atomic mass is 35.5. The highest BCUT2D eigenvalue weighted by Gasteiger charge is 2.32. The topological polar surface area (TPSA) is 162 Å². The lowest BCUT2D eigenvalue weighted by Gasteiger charge is -2.41. The van der Waals surface area contributed by atoms with Crippen LogP contribution in [0.3, 0.4) is 0 Å². The number of likely N-dealkylation sites (tertiary alicyclic amines) is 1. The second-order valence-electron chi connectivity index (χ2n) is 15.6. The quantitative estimate of drug-likeness (QED) is 0.211. The largest absolute Gasteiger partial charge is 0.490 e. The molecule has 4 fully saturated rings. The van der Waals surface area contributed by atoms with Crippen LogP contribution in [0.4, 0.5) is 16.3 Å². The Labute approximate surface area is 331 Å². The number of nitrogens with zero attached hydrogens (tertiary/aromatic N) is 8. The van der Waals surface area contributed by atoms with Gasteiger partial charge in [-0.25, -0.2) is 4.79 Å². The van der Waals surface area contributed by atoms with Crippen molar-refractivity contribution in [3.63, 3.8) is 0 Å². The number of fused-ring (bicyclic) bond motifs is 1. The Morgan fingerprint density at radius 3 is 2.54 bits per heavy atom. The second kappa shape index (κ2) is 16.5. The van der Waals surface area contributed by atoms with E-state index >= 15 is 0 Å². The molecule has 8 rings (SSSR count). The monoisotopic (exact) mass is 778 g/mol. The molecule has 3 aliphatic heterocycles. The van der Waals surface area contributed by atoms with Gasteiger partial charge in [-0.05, 0) is 101 Å². The average Bonchev–Trinajstić information content (AvgIpc) is 3.64. The Morgan fingerprint density at radius 1 is 1.00 bits per heavy atom. The van der Waals surface area contributed by atoms with E-state index in [1.54, 1.807) is 29.2 Å². The smallest absolute Gasteiger partial charge is 0.328 e. The second-order valence-corrected chi connectivity index (χ2v) is 16.0. The van der Waals surface area contributed by atoms with Crippen molar-refractivity contribution >= 4 is 51.9 Å². The van der Waals surface area contributed by atoms with Gasteiger partial charge < -0.3 is 19.9 Å².